The summed E-state index contributed by atoms with van der Waals surface area (Å²) in [5.41, 5.74) is 2.05. The van der Waals surface area contributed by atoms with Crippen LogP contribution < -0.4 is 0 Å². The van der Waals surface area contributed by atoms with Gasteiger partial charge in [-0.2, -0.15) is 0 Å². The van der Waals surface area contributed by atoms with Crippen LogP contribution in [-0.2, 0) is 0 Å². The Morgan fingerprint density at radius 1 is 1.14 bits per heavy atom. The second-order valence-electron chi connectivity index (χ2n) is 4.99. The van der Waals surface area contributed by atoms with Crippen molar-refractivity contribution in [3.63, 3.8) is 0 Å². The number of nitrogens with zero attached hydrogens (tertiary/aromatic N) is 2. The number of aromatic amines is 1. The molecular weight excluding hydrogens is 297 g/mol. The van der Waals surface area contributed by atoms with E-state index in [0.29, 0.717) is 16.8 Å². The molecule has 0 atom stereocenters. The number of halogens is 1. The van der Waals surface area contributed by atoms with E-state index >= 15 is 0 Å². The van der Waals surface area contributed by atoms with E-state index in [1.807, 2.05) is 30.5 Å². The Morgan fingerprint density at radius 2 is 2.05 bits per heavy atom. The molecule has 0 radical (unpaired) electrons. The van der Waals surface area contributed by atoms with Gasteiger partial charge in [0.15, 0.2) is 0 Å². The van der Waals surface area contributed by atoms with Crippen molar-refractivity contribution < 1.29 is 4.39 Å². The average Bonchev–Trinajstić information content (AvgIpc) is 2.98. The minimum atomic E-state index is -0.253. The third-order valence-electron chi connectivity index (χ3n) is 3.70. The molecule has 0 aliphatic heterocycles. The fourth-order valence-corrected chi connectivity index (χ4v) is 3.01. The third kappa shape index (κ3) is 2.05. The highest BCUT2D eigenvalue weighted by Gasteiger charge is 2.13. The maximum Gasteiger partial charge on any atom is 0.141 e. The lowest BCUT2D eigenvalue weighted by molar-refractivity contribution is 0.642. The summed E-state index contributed by atoms with van der Waals surface area (Å²) < 4.78 is 14.8. The van der Waals surface area contributed by atoms with Crippen LogP contribution in [0, 0.1) is 5.82 Å². The van der Waals surface area contributed by atoms with Crippen molar-refractivity contribution in [1.29, 1.82) is 0 Å². The van der Waals surface area contributed by atoms with Gasteiger partial charge in [-0.05, 0) is 35.9 Å². The molecule has 0 spiro atoms. The second kappa shape index (κ2) is 5.10. The Bertz CT molecular complexity index is 961. The number of thioether (sulfide) groups is 1. The molecule has 0 unspecified atom stereocenters. The summed E-state index contributed by atoms with van der Waals surface area (Å²) in [5, 5.41) is 1.50. The van der Waals surface area contributed by atoms with Gasteiger partial charge in [-0.15, -0.1) is 11.8 Å². The lowest BCUT2D eigenvalue weighted by Crippen LogP contribution is -1.89. The SMILES string of the molecule is CSc1ccc2c(F)c(-c3nc4ccncc4[nH]3)ccc2c1. The molecule has 2 aromatic carbocycles. The number of benzene rings is 2. The Labute approximate surface area is 130 Å². The van der Waals surface area contributed by atoms with E-state index in [2.05, 4.69) is 15.0 Å². The van der Waals surface area contributed by atoms with Crippen molar-refractivity contribution in [2.45, 2.75) is 4.90 Å². The summed E-state index contributed by atoms with van der Waals surface area (Å²) in [7, 11) is 0. The summed E-state index contributed by atoms with van der Waals surface area (Å²) in [5.74, 6) is 0.272. The van der Waals surface area contributed by atoms with Crippen molar-refractivity contribution in [3.05, 3.63) is 54.6 Å². The monoisotopic (exact) mass is 309 g/mol. The number of fused-ring (bicyclic) bond motifs is 2. The molecule has 0 bridgehead atoms. The predicted octanol–water partition coefficient (Wildman–Crippen LogP) is 4.64. The first-order chi connectivity index (χ1) is 10.8. The highest BCUT2D eigenvalue weighted by Crippen LogP contribution is 2.30. The number of hydrogen-bond donors (Lipinski definition) is 1. The number of H-pyrrole nitrogens is 1. The first-order valence-corrected chi connectivity index (χ1v) is 8.05. The van der Waals surface area contributed by atoms with Crippen LogP contribution in [0.15, 0.2) is 53.7 Å². The number of pyridine rings is 1. The summed E-state index contributed by atoms with van der Waals surface area (Å²) in [6.45, 7) is 0. The van der Waals surface area contributed by atoms with Gasteiger partial charge in [-0.25, -0.2) is 9.37 Å². The van der Waals surface area contributed by atoms with Crippen LogP contribution in [-0.4, -0.2) is 21.2 Å². The van der Waals surface area contributed by atoms with Crippen LogP contribution >= 0.6 is 11.8 Å². The Kier molecular flexibility index (Phi) is 3.08. The number of nitrogens with one attached hydrogen (secondary N) is 1. The molecule has 108 valence electrons. The fourth-order valence-electron chi connectivity index (χ4n) is 2.56. The summed E-state index contributed by atoms with van der Waals surface area (Å²) in [4.78, 5) is 12.7. The molecule has 2 heterocycles. The third-order valence-corrected chi connectivity index (χ3v) is 4.43. The highest BCUT2D eigenvalue weighted by atomic mass is 32.2. The zero-order valence-electron chi connectivity index (χ0n) is 11.8. The van der Waals surface area contributed by atoms with Crippen LogP contribution in [0.2, 0.25) is 0 Å². The lowest BCUT2D eigenvalue weighted by atomic mass is 10.1. The molecule has 0 fully saturated rings. The van der Waals surface area contributed by atoms with Gasteiger partial charge in [0, 0.05) is 16.5 Å². The number of imidazole rings is 1. The Morgan fingerprint density at radius 3 is 2.86 bits per heavy atom. The molecule has 4 rings (SSSR count). The molecular formula is C17H12FN3S. The van der Waals surface area contributed by atoms with Gasteiger partial charge in [-0.3, -0.25) is 4.98 Å². The van der Waals surface area contributed by atoms with Crippen molar-refractivity contribution in [2.24, 2.45) is 0 Å². The van der Waals surface area contributed by atoms with Crippen molar-refractivity contribution in [2.75, 3.05) is 6.26 Å². The van der Waals surface area contributed by atoms with Crippen molar-refractivity contribution in [3.8, 4) is 11.4 Å². The summed E-state index contributed by atoms with van der Waals surface area (Å²) in [6.07, 6.45) is 5.37. The van der Waals surface area contributed by atoms with E-state index in [1.165, 1.54) is 0 Å². The van der Waals surface area contributed by atoms with E-state index in [-0.39, 0.29) is 5.82 Å². The first-order valence-electron chi connectivity index (χ1n) is 6.82. The molecule has 2 aromatic heterocycles. The highest BCUT2D eigenvalue weighted by molar-refractivity contribution is 7.98. The van der Waals surface area contributed by atoms with Gasteiger partial charge in [0.2, 0.25) is 0 Å². The normalized spacial score (nSPS) is 11.4. The molecule has 4 aromatic rings. The number of aromatic nitrogens is 3. The minimum Gasteiger partial charge on any atom is -0.337 e. The molecule has 5 heteroatoms. The molecule has 0 amide bonds. The second-order valence-corrected chi connectivity index (χ2v) is 5.87. The Balaban J connectivity index is 1.93. The predicted molar refractivity (Wildman–Crippen MR) is 88.6 cm³/mol. The molecule has 0 saturated heterocycles. The van der Waals surface area contributed by atoms with Gasteiger partial charge in [0.1, 0.15) is 11.6 Å². The van der Waals surface area contributed by atoms with Crippen LogP contribution in [0.5, 0.6) is 0 Å². The molecule has 0 aliphatic rings. The number of hydrogen-bond acceptors (Lipinski definition) is 3. The standard InChI is InChI=1S/C17H12FN3S/c1-22-11-3-5-12-10(8-11)2-4-13(16(12)18)17-20-14-6-7-19-9-15(14)21-17/h2-9H,1H3,(H,20,21). The van der Waals surface area contributed by atoms with E-state index in [1.54, 1.807) is 36.3 Å². The van der Waals surface area contributed by atoms with E-state index in [9.17, 15) is 4.39 Å². The summed E-state index contributed by atoms with van der Waals surface area (Å²) in [6, 6.07) is 11.3. The molecule has 0 saturated carbocycles. The van der Waals surface area contributed by atoms with Crippen molar-refractivity contribution in [1.82, 2.24) is 15.0 Å². The quantitative estimate of drug-likeness (QED) is 0.548. The summed E-state index contributed by atoms with van der Waals surface area (Å²) >= 11 is 1.65. The van der Waals surface area contributed by atoms with Crippen LogP contribution in [0.4, 0.5) is 4.39 Å². The molecule has 0 aliphatic carbocycles. The largest absolute Gasteiger partial charge is 0.337 e. The maximum atomic E-state index is 14.8. The van der Waals surface area contributed by atoms with Crippen LogP contribution in [0.25, 0.3) is 33.2 Å². The lowest BCUT2D eigenvalue weighted by Gasteiger charge is -2.06. The van der Waals surface area contributed by atoms with E-state index in [4.69, 9.17) is 0 Å². The minimum absolute atomic E-state index is 0.253. The van der Waals surface area contributed by atoms with E-state index < -0.39 is 0 Å². The van der Waals surface area contributed by atoms with Crippen molar-refractivity contribution >= 4 is 33.6 Å². The van der Waals surface area contributed by atoms with Gasteiger partial charge >= 0.3 is 0 Å². The maximum absolute atomic E-state index is 14.8. The zero-order valence-corrected chi connectivity index (χ0v) is 12.6. The van der Waals surface area contributed by atoms with E-state index in [0.717, 1.165) is 21.3 Å². The molecule has 1 N–H and O–H groups in total. The van der Waals surface area contributed by atoms with Crippen LogP contribution in [0.3, 0.4) is 0 Å². The molecule has 3 nitrogen and oxygen atoms in total. The Hall–Kier alpha value is -2.40. The molecule has 22 heavy (non-hydrogen) atoms. The van der Waals surface area contributed by atoms with Gasteiger partial charge < -0.3 is 4.98 Å². The van der Waals surface area contributed by atoms with Gasteiger partial charge in [0.25, 0.3) is 0 Å². The van der Waals surface area contributed by atoms with Crippen LogP contribution in [0.1, 0.15) is 0 Å². The fraction of sp³-hybridized carbons (Fsp3) is 0.0588. The number of rotatable bonds is 2. The smallest absolute Gasteiger partial charge is 0.141 e. The van der Waals surface area contributed by atoms with Gasteiger partial charge in [0.05, 0.1) is 22.8 Å². The zero-order chi connectivity index (χ0) is 15.1. The topological polar surface area (TPSA) is 41.6 Å². The van der Waals surface area contributed by atoms with Gasteiger partial charge in [-0.1, -0.05) is 12.1 Å². The average molecular weight is 309 g/mol. The first kappa shape index (κ1) is 13.3.